The van der Waals surface area contributed by atoms with Crippen LogP contribution >= 0.6 is 0 Å². The molecule has 41 heavy (non-hydrogen) atoms. The zero-order chi connectivity index (χ0) is 29.8. The molecule has 0 radical (unpaired) electrons. The highest BCUT2D eigenvalue weighted by atomic mass is 19.1. The average molecular weight is 560 g/mol. The Morgan fingerprint density at radius 1 is 1.00 bits per heavy atom. The minimum Gasteiger partial charge on any atom is -0.490 e. The van der Waals surface area contributed by atoms with Gasteiger partial charge in [-0.1, -0.05) is 6.07 Å². The van der Waals surface area contributed by atoms with Crippen molar-refractivity contribution in [2.75, 3.05) is 18.1 Å². The van der Waals surface area contributed by atoms with Gasteiger partial charge in [0.25, 0.3) is 5.91 Å². The Bertz CT molecular complexity index is 1570. The molecule has 7 heteroatoms. The van der Waals surface area contributed by atoms with Crippen molar-refractivity contribution in [3.63, 3.8) is 0 Å². The van der Waals surface area contributed by atoms with E-state index in [1.807, 2.05) is 72.7 Å². The van der Waals surface area contributed by atoms with Crippen LogP contribution in [0.4, 0.5) is 10.1 Å². The minimum absolute atomic E-state index is 0.118. The topological polar surface area (TPSA) is 76.1 Å². The highest BCUT2D eigenvalue weighted by Crippen LogP contribution is 2.47. The predicted molar refractivity (Wildman–Crippen MR) is 158 cm³/mol. The van der Waals surface area contributed by atoms with Crippen LogP contribution < -0.4 is 9.64 Å². The first-order chi connectivity index (χ1) is 19.3. The fraction of sp³-hybridized carbons (Fsp3) is 0.412. The number of fused-ring (bicyclic) bond motifs is 2. The number of hydrogen-bond acceptors (Lipinski definition) is 4. The molecule has 1 amide bonds. The molecular weight excluding hydrogens is 521 g/mol. The van der Waals surface area contributed by atoms with E-state index in [0.29, 0.717) is 53.8 Å². The van der Waals surface area contributed by atoms with Gasteiger partial charge in [0.2, 0.25) is 0 Å². The van der Waals surface area contributed by atoms with Gasteiger partial charge in [0, 0.05) is 28.9 Å². The molecule has 0 aromatic heterocycles. The second kappa shape index (κ2) is 10.6. The van der Waals surface area contributed by atoms with Crippen LogP contribution in [0.2, 0.25) is 0 Å². The number of carboxylic acids is 1. The molecule has 3 aromatic rings. The second-order valence-electron chi connectivity index (χ2n) is 12.2. The van der Waals surface area contributed by atoms with Crippen LogP contribution in [0, 0.1) is 33.5 Å². The Kier molecular flexibility index (Phi) is 7.45. The first-order valence-electron chi connectivity index (χ1n) is 14.2. The Morgan fingerprint density at radius 2 is 1.73 bits per heavy atom. The Morgan fingerprint density at radius 3 is 2.39 bits per heavy atom. The van der Waals surface area contributed by atoms with Crippen molar-refractivity contribution in [1.29, 1.82) is 0 Å². The summed E-state index contributed by atoms with van der Waals surface area (Å²) in [5, 5.41) is 10.4. The first-order valence-corrected chi connectivity index (χ1v) is 14.2. The van der Waals surface area contributed by atoms with Crippen molar-refractivity contribution in [2.24, 2.45) is 0 Å². The molecule has 0 bridgehead atoms. The monoisotopic (exact) mass is 559 g/mol. The maximum atomic E-state index is 15.6. The van der Waals surface area contributed by atoms with E-state index in [4.69, 9.17) is 9.47 Å². The Labute approximate surface area is 241 Å². The van der Waals surface area contributed by atoms with Crippen molar-refractivity contribution < 1.29 is 28.6 Å². The van der Waals surface area contributed by atoms with E-state index in [1.165, 1.54) is 6.07 Å². The number of carboxylic acid groups (broad SMARTS) is 1. The van der Waals surface area contributed by atoms with Crippen LogP contribution in [0.1, 0.15) is 82.6 Å². The maximum Gasteiger partial charge on any atom is 0.337 e. The number of hydrogen-bond donors (Lipinski definition) is 1. The van der Waals surface area contributed by atoms with Crippen molar-refractivity contribution in [2.45, 2.75) is 79.4 Å². The molecule has 2 heterocycles. The van der Waals surface area contributed by atoms with Crippen LogP contribution in [0.5, 0.6) is 5.75 Å². The van der Waals surface area contributed by atoms with Crippen LogP contribution in [-0.4, -0.2) is 35.7 Å². The van der Waals surface area contributed by atoms with Gasteiger partial charge < -0.3 is 19.5 Å². The van der Waals surface area contributed by atoms with Gasteiger partial charge >= 0.3 is 5.97 Å². The largest absolute Gasteiger partial charge is 0.490 e. The van der Waals surface area contributed by atoms with Gasteiger partial charge in [0.05, 0.1) is 12.2 Å². The lowest BCUT2D eigenvalue weighted by molar-refractivity contribution is -0.160. The number of ether oxygens (including phenoxy) is 2. The van der Waals surface area contributed by atoms with Crippen molar-refractivity contribution in [3.05, 3.63) is 80.7 Å². The highest BCUT2D eigenvalue weighted by Gasteiger charge is 2.37. The normalized spacial score (nSPS) is 15.3. The van der Waals surface area contributed by atoms with Crippen molar-refractivity contribution in [3.8, 4) is 16.9 Å². The number of benzene rings is 3. The molecule has 5 rings (SSSR count). The zero-order valence-electron chi connectivity index (χ0n) is 24.9. The molecule has 2 aliphatic heterocycles. The standard InChI is InChI=1S/C34H38FNO5/c1-18-10-11-22(15-19(18)2)32(37)36-13-12-24-27(36)16-20(3)28(31(33(38)39)41-34(5,6)7)29(24)25-17-26(35)30-23(21(25)4)9-8-14-40-30/h10-11,15-17,31H,8-9,12-14H2,1-7H3,(H,38,39)/t31-/m0/s1. The van der Waals surface area contributed by atoms with E-state index in [0.717, 1.165) is 39.9 Å². The summed E-state index contributed by atoms with van der Waals surface area (Å²) < 4.78 is 27.4. The van der Waals surface area contributed by atoms with Crippen LogP contribution in [-0.2, 0) is 22.4 Å². The molecule has 216 valence electrons. The SMILES string of the molecule is Cc1ccc(C(=O)N2CCc3c2cc(C)c([C@H](OC(C)(C)C)C(=O)O)c3-c2cc(F)c3c(c2C)CCCO3)cc1C. The second-order valence-corrected chi connectivity index (χ2v) is 12.2. The van der Waals surface area contributed by atoms with Gasteiger partial charge in [-0.2, -0.15) is 0 Å². The number of carbonyl (C=O) groups excluding carboxylic acids is 1. The molecule has 1 atom stereocenters. The van der Waals surface area contributed by atoms with E-state index in [1.54, 1.807) is 4.90 Å². The molecular formula is C34H38FNO5. The number of amides is 1. The third kappa shape index (κ3) is 5.23. The number of anilines is 1. The third-order valence-corrected chi connectivity index (χ3v) is 8.20. The summed E-state index contributed by atoms with van der Waals surface area (Å²) in [5.74, 6) is -1.43. The lowest BCUT2D eigenvalue weighted by atomic mass is 9.83. The van der Waals surface area contributed by atoms with E-state index in [-0.39, 0.29) is 11.7 Å². The molecule has 1 N–H and O–H groups in total. The fourth-order valence-corrected chi connectivity index (χ4v) is 6.09. The number of halogens is 1. The summed E-state index contributed by atoms with van der Waals surface area (Å²) in [7, 11) is 0. The Balaban J connectivity index is 1.77. The summed E-state index contributed by atoms with van der Waals surface area (Å²) in [4.78, 5) is 28.3. The van der Waals surface area contributed by atoms with E-state index in [9.17, 15) is 14.7 Å². The van der Waals surface area contributed by atoms with Crippen LogP contribution in [0.3, 0.4) is 0 Å². The summed E-state index contributed by atoms with van der Waals surface area (Å²) in [6, 6.07) is 9.03. The number of rotatable bonds is 5. The van der Waals surface area contributed by atoms with E-state index in [2.05, 4.69) is 0 Å². The molecule has 0 saturated carbocycles. The molecule has 0 spiro atoms. The summed E-state index contributed by atoms with van der Waals surface area (Å²) in [6.45, 7) is 14.1. The van der Waals surface area contributed by atoms with E-state index >= 15 is 4.39 Å². The molecule has 6 nitrogen and oxygen atoms in total. The van der Waals surface area contributed by atoms with Gasteiger partial charge in [0.1, 0.15) is 0 Å². The van der Waals surface area contributed by atoms with Gasteiger partial charge in [-0.05, 0) is 131 Å². The number of carbonyl (C=O) groups is 2. The average Bonchev–Trinajstić information content (AvgIpc) is 3.32. The predicted octanol–water partition coefficient (Wildman–Crippen LogP) is 7.20. The number of aryl methyl sites for hydroxylation is 3. The zero-order valence-corrected chi connectivity index (χ0v) is 24.9. The summed E-state index contributed by atoms with van der Waals surface area (Å²) in [5.41, 5.74) is 7.61. The quantitative estimate of drug-likeness (QED) is 0.358. The van der Waals surface area contributed by atoms with Crippen molar-refractivity contribution >= 4 is 17.6 Å². The molecule has 0 unspecified atom stereocenters. The van der Waals surface area contributed by atoms with Crippen molar-refractivity contribution in [1.82, 2.24) is 0 Å². The lowest BCUT2D eigenvalue weighted by Gasteiger charge is -2.30. The molecule has 2 aliphatic rings. The number of nitrogens with zero attached hydrogens (tertiary/aromatic N) is 1. The van der Waals surface area contributed by atoms with Gasteiger partial charge in [-0.3, -0.25) is 4.79 Å². The summed E-state index contributed by atoms with van der Waals surface area (Å²) in [6.07, 6.45) is 0.673. The lowest BCUT2D eigenvalue weighted by Crippen LogP contribution is -2.30. The third-order valence-electron chi connectivity index (χ3n) is 8.20. The maximum absolute atomic E-state index is 15.6. The smallest absolute Gasteiger partial charge is 0.337 e. The Hall–Kier alpha value is -3.71. The van der Waals surface area contributed by atoms with Gasteiger partial charge in [-0.25, -0.2) is 9.18 Å². The van der Waals surface area contributed by atoms with Crippen LogP contribution in [0.15, 0.2) is 30.3 Å². The molecule has 0 fully saturated rings. The molecule has 3 aromatic carbocycles. The summed E-state index contributed by atoms with van der Waals surface area (Å²) >= 11 is 0. The van der Waals surface area contributed by atoms with Gasteiger partial charge in [-0.15, -0.1) is 0 Å². The van der Waals surface area contributed by atoms with E-state index < -0.39 is 23.5 Å². The van der Waals surface area contributed by atoms with Gasteiger partial charge in [0.15, 0.2) is 17.7 Å². The molecule has 0 aliphatic carbocycles. The molecule has 0 saturated heterocycles. The first kappa shape index (κ1) is 28.8. The number of aliphatic carboxylic acids is 1. The fourth-order valence-electron chi connectivity index (χ4n) is 6.09. The minimum atomic E-state index is -1.28. The van der Waals surface area contributed by atoms with Crippen LogP contribution in [0.25, 0.3) is 11.1 Å². The highest BCUT2D eigenvalue weighted by molar-refractivity contribution is 6.08.